The van der Waals surface area contributed by atoms with Crippen molar-refractivity contribution >= 4 is 35.0 Å². The van der Waals surface area contributed by atoms with E-state index in [2.05, 4.69) is 10.2 Å². The Kier molecular flexibility index (Phi) is 5.16. The second kappa shape index (κ2) is 7.70. The van der Waals surface area contributed by atoms with Crippen molar-refractivity contribution in [2.24, 2.45) is 0 Å². The molecule has 0 aliphatic rings. The molecule has 0 bridgehead atoms. The number of aromatic nitrogens is 2. The fourth-order valence-corrected chi connectivity index (χ4v) is 2.69. The Morgan fingerprint density at radius 3 is 2.82 bits per heavy atom. The van der Waals surface area contributed by atoms with Gasteiger partial charge < -0.3 is 14.9 Å². The van der Waals surface area contributed by atoms with Crippen molar-refractivity contribution in [3.8, 4) is 23.5 Å². The van der Waals surface area contributed by atoms with Crippen molar-refractivity contribution in [1.82, 2.24) is 10.2 Å². The summed E-state index contributed by atoms with van der Waals surface area (Å²) in [7, 11) is 1.27. The largest absolute Gasteiger partial charge is 0.465 e. The number of benzene rings is 1. The first-order valence-corrected chi connectivity index (χ1v) is 8.20. The fourth-order valence-electron chi connectivity index (χ4n) is 2.50. The van der Waals surface area contributed by atoms with Gasteiger partial charge in [-0.2, -0.15) is 15.6 Å². The number of nitriles is 2. The maximum absolute atomic E-state index is 11.8. The van der Waals surface area contributed by atoms with Crippen LogP contribution in [0.4, 0.5) is 5.82 Å². The highest BCUT2D eigenvalue weighted by atomic mass is 35.5. The zero-order valence-corrected chi connectivity index (χ0v) is 15.2. The molecule has 3 N–H and O–H groups in total. The number of hydrogen-bond donors (Lipinski definition) is 2. The van der Waals surface area contributed by atoms with Gasteiger partial charge in [0.2, 0.25) is 0 Å². The molecule has 138 valence electrons. The molecule has 1 aromatic carbocycles. The van der Waals surface area contributed by atoms with E-state index in [1.807, 2.05) is 12.1 Å². The topological polar surface area (TPSA) is 142 Å². The van der Waals surface area contributed by atoms with Crippen molar-refractivity contribution < 1.29 is 13.9 Å². The number of ether oxygens (including phenoxy) is 1. The number of rotatable bonds is 4. The van der Waals surface area contributed by atoms with Gasteiger partial charge >= 0.3 is 5.97 Å². The Labute approximate surface area is 164 Å². The molecule has 0 saturated heterocycles. The summed E-state index contributed by atoms with van der Waals surface area (Å²) >= 11 is 6.03. The van der Waals surface area contributed by atoms with E-state index in [0.717, 1.165) is 0 Å². The third kappa shape index (κ3) is 3.45. The van der Waals surface area contributed by atoms with Gasteiger partial charge in [0, 0.05) is 11.6 Å². The molecule has 28 heavy (non-hydrogen) atoms. The number of furan rings is 1. The summed E-state index contributed by atoms with van der Waals surface area (Å²) < 4.78 is 10.4. The van der Waals surface area contributed by atoms with Crippen LogP contribution in [-0.4, -0.2) is 23.3 Å². The summed E-state index contributed by atoms with van der Waals surface area (Å²) in [6, 6.07) is 12.0. The fraction of sp³-hybridized carbons (Fsp3) is 0.0526. The van der Waals surface area contributed by atoms with E-state index >= 15 is 0 Å². The number of allylic oxidation sites excluding steroid dienone is 1. The van der Waals surface area contributed by atoms with E-state index in [1.54, 1.807) is 30.3 Å². The third-order valence-electron chi connectivity index (χ3n) is 3.87. The Morgan fingerprint density at radius 2 is 2.14 bits per heavy atom. The molecule has 3 rings (SSSR count). The molecule has 9 heteroatoms. The number of halogens is 1. The second-order valence-corrected chi connectivity index (χ2v) is 5.94. The quantitative estimate of drug-likeness (QED) is 0.509. The zero-order valence-electron chi connectivity index (χ0n) is 14.5. The van der Waals surface area contributed by atoms with Gasteiger partial charge in [0.25, 0.3) is 0 Å². The van der Waals surface area contributed by atoms with Crippen LogP contribution in [0.5, 0.6) is 0 Å². The number of nitrogens with one attached hydrogen (secondary N) is 1. The average Bonchev–Trinajstić information content (AvgIpc) is 3.32. The lowest BCUT2D eigenvalue weighted by Gasteiger charge is -2.04. The molecule has 0 atom stereocenters. The van der Waals surface area contributed by atoms with Crippen LogP contribution in [0.3, 0.4) is 0 Å². The molecule has 2 heterocycles. The van der Waals surface area contributed by atoms with Crippen LogP contribution in [0.15, 0.2) is 34.7 Å². The van der Waals surface area contributed by atoms with E-state index < -0.39 is 5.97 Å². The van der Waals surface area contributed by atoms with Gasteiger partial charge in [0.05, 0.1) is 29.0 Å². The monoisotopic (exact) mass is 393 g/mol. The number of carbonyl (C=O) groups is 1. The number of hydrogen-bond acceptors (Lipinski definition) is 7. The summed E-state index contributed by atoms with van der Waals surface area (Å²) in [5, 5.41) is 25.2. The molecule has 0 aliphatic heterocycles. The van der Waals surface area contributed by atoms with E-state index in [-0.39, 0.29) is 33.2 Å². The smallest absolute Gasteiger partial charge is 0.339 e. The van der Waals surface area contributed by atoms with Crippen molar-refractivity contribution in [2.45, 2.75) is 0 Å². The van der Waals surface area contributed by atoms with Crippen molar-refractivity contribution in [3.63, 3.8) is 0 Å². The average molecular weight is 394 g/mol. The van der Waals surface area contributed by atoms with Crippen molar-refractivity contribution in [3.05, 3.63) is 57.9 Å². The predicted octanol–water partition coefficient (Wildman–Crippen LogP) is 3.63. The second-order valence-electron chi connectivity index (χ2n) is 5.53. The normalized spacial score (nSPS) is 10.9. The van der Waals surface area contributed by atoms with E-state index in [1.165, 1.54) is 13.2 Å². The van der Waals surface area contributed by atoms with Gasteiger partial charge in [-0.25, -0.2) is 4.79 Å². The summed E-state index contributed by atoms with van der Waals surface area (Å²) in [4.78, 5) is 11.8. The van der Waals surface area contributed by atoms with Crippen LogP contribution >= 0.6 is 11.6 Å². The maximum Gasteiger partial charge on any atom is 0.339 e. The molecular weight excluding hydrogens is 382 g/mol. The summed E-state index contributed by atoms with van der Waals surface area (Å²) in [5.74, 6) is 0.259. The number of carbonyl (C=O) groups excluding carboxylic acids is 1. The highest BCUT2D eigenvalue weighted by Gasteiger charge is 2.16. The standard InChI is InChI=1S/C19H12ClN5O3/c1-27-19(26)13-7-10(2-4-15(13)20)16-5-3-12(28-16)6-11(8-21)17-14(9-22)18(23)25-24-17/h2-7H,1H3,(H3,23,24,25)/b11-6+. The van der Waals surface area contributed by atoms with Crippen LogP contribution in [0.2, 0.25) is 5.02 Å². The number of methoxy groups -OCH3 is 1. The summed E-state index contributed by atoms with van der Waals surface area (Å²) in [6.07, 6.45) is 1.45. The lowest BCUT2D eigenvalue weighted by atomic mass is 10.1. The number of aromatic amines is 1. The first-order chi connectivity index (χ1) is 13.5. The highest BCUT2D eigenvalue weighted by molar-refractivity contribution is 6.33. The lowest BCUT2D eigenvalue weighted by molar-refractivity contribution is 0.0601. The number of nitrogens with zero attached hydrogens (tertiary/aromatic N) is 3. The summed E-state index contributed by atoms with van der Waals surface area (Å²) in [5.41, 5.74) is 6.84. The van der Waals surface area contributed by atoms with Gasteiger partial charge in [-0.1, -0.05) is 11.6 Å². The molecule has 3 aromatic rings. The molecule has 0 spiro atoms. The number of H-pyrrole nitrogens is 1. The Balaban J connectivity index is 1.98. The molecular formula is C19H12ClN5O3. The van der Waals surface area contributed by atoms with Crippen LogP contribution < -0.4 is 5.73 Å². The first-order valence-electron chi connectivity index (χ1n) is 7.82. The summed E-state index contributed by atoms with van der Waals surface area (Å²) in [6.45, 7) is 0. The Bertz CT molecular complexity index is 1180. The van der Waals surface area contributed by atoms with Crippen molar-refractivity contribution in [1.29, 1.82) is 10.5 Å². The molecule has 0 radical (unpaired) electrons. The van der Waals surface area contributed by atoms with Crippen LogP contribution in [0, 0.1) is 22.7 Å². The molecule has 0 saturated carbocycles. The third-order valence-corrected chi connectivity index (χ3v) is 4.20. The van der Waals surface area contributed by atoms with E-state index in [0.29, 0.717) is 17.1 Å². The number of anilines is 1. The van der Waals surface area contributed by atoms with E-state index in [9.17, 15) is 10.1 Å². The predicted molar refractivity (Wildman–Crippen MR) is 102 cm³/mol. The Morgan fingerprint density at radius 1 is 1.36 bits per heavy atom. The molecule has 0 fully saturated rings. The van der Waals surface area contributed by atoms with Gasteiger partial charge in [-0.3, -0.25) is 5.10 Å². The zero-order chi connectivity index (χ0) is 20.3. The number of esters is 1. The molecule has 8 nitrogen and oxygen atoms in total. The molecule has 0 amide bonds. The van der Waals surface area contributed by atoms with Gasteiger partial charge in [0.1, 0.15) is 29.2 Å². The SMILES string of the molecule is COC(=O)c1cc(-c2ccc(/C=C(\C#N)c3[nH]nc(N)c3C#N)o2)ccc1Cl. The van der Waals surface area contributed by atoms with Gasteiger partial charge in [0.15, 0.2) is 5.82 Å². The first kappa shape index (κ1) is 18.8. The minimum atomic E-state index is -0.564. The van der Waals surface area contributed by atoms with Crippen LogP contribution in [0.1, 0.15) is 27.4 Å². The number of nitrogen functional groups attached to an aromatic ring is 1. The number of nitrogens with two attached hydrogens (primary N) is 1. The van der Waals surface area contributed by atoms with Gasteiger partial charge in [-0.05, 0) is 30.3 Å². The van der Waals surface area contributed by atoms with Gasteiger partial charge in [-0.15, -0.1) is 0 Å². The van der Waals surface area contributed by atoms with Crippen LogP contribution in [0.25, 0.3) is 23.0 Å². The maximum atomic E-state index is 11.8. The van der Waals surface area contributed by atoms with Crippen molar-refractivity contribution in [2.75, 3.05) is 12.8 Å². The Hall–Kier alpha value is -4.01. The van der Waals surface area contributed by atoms with Crippen LogP contribution in [-0.2, 0) is 4.74 Å². The molecule has 0 unspecified atom stereocenters. The van der Waals surface area contributed by atoms with E-state index in [4.69, 9.17) is 31.8 Å². The minimum absolute atomic E-state index is 0.00953. The molecule has 2 aromatic heterocycles. The minimum Gasteiger partial charge on any atom is -0.465 e. The highest BCUT2D eigenvalue weighted by Crippen LogP contribution is 2.29. The lowest BCUT2D eigenvalue weighted by Crippen LogP contribution is -2.02. The molecule has 0 aliphatic carbocycles.